The summed E-state index contributed by atoms with van der Waals surface area (Å²) in [4.78, 5) is 21.0. The van der Waals surface area contributed by atoms with Crippen LogP contribution in [0.2, 0.25) is 0 Å². The lowest BCUT2D eigenvalue weighted by Gasteiger charge is -2.27. The number of phenols is 2. The molecular weight excluding hydrogens is 579 g/mol. The van der Waals surface area contributed by atoms with Crippen molar-refractivity contribution < 1.29 is 19.8 Å². The van der Waals surface area contributed by atoms with E-state index < -0.39 is 19.1 Å². The quantitative estimate of drug-likeness (QED) is 0.191. The Morgan fingerprint density at radius 2 is 0.600 bits per heavy atom. The highest BCUT2D eigenvalue weighted by atomic mass is 31.2. The van der Waals surface area contributed by atoms with Crippen molar-refractivity contribution in [3.8, 4) is 11.5 Å². The summed E-state index contributed by atoms with van der Waals surface area (Å²) in [6, 6.07) is 56.1. The van der Waals surface area contributed by atoms with Crippen LogP contribution in [0.15, 0.2) is 170 Å². The second kappa shape index (κ2) is 15.7. The number of hydrogen-bond acceptors (Lipinski definition) is 4. The smallest absolute Gasteiger partial charge is 0.252 e. The van der Waals surface area contributed by atoms with Crippen molar-refractivity contribution in [1.82, 2.24) is 0 Å². The van der Waals surface area contributed by atoms with Gasteiger partial charge in [0, 0.05) is 0 Å². The molecule has 0 radical (unpaired) electrons. The van der Waals surface area contributed by atoms with Crippen LogP contribution < -0.4 is 32.7 Å². The van der Waals surface area contributed by atoms with Crippen molar-refractivity contribution >= 4 is 40.3 Å². The highest BCUT2D eigenvalue weighted by Gasteiger charge is 2.47. The van der Waals surface area contributed by atoms with E-state index in [1.54, 1.807) is 24.3 Å². The highest BCUT2D eigenvalue weighted by Crippen LogP contribution is 2.53. The predicted molar refractivity (Wildman–Crippen MR) is 184 cm³/mol. The van der Waals surface area contributed by atoms with Crippen molar-refractivity contribution in [3.05, 3.63) is 181 Å². The lowest BCUT2D eigenvalue weighted by Crippen LogP contribution is -2.38. The standard InChI is InChI=1S/C24H20P.2C7H7NO2/c1-5-13-21(14-6-1)25(22-15-7-2-8-16-22,23-17-9-3-10-18-23)24-19-11-4-12-20-24;2*8-7(10)5-3-1-2-4-6(5)9/h1-20H;2*1-4,9H,(H2,8,10)/q+1;;. The second-order valence-corrected chi connectivity index (χ2v) is 13.2. The molecule has 0 aliphatic heterocycles. The molecule has 224 valence electrons. The number of carbonyl (C=O) groups is 2. The first-order valence-corrected chi connectivity index (χ1v) is 15.9. The van der Waals surface area contributed by atoms with E-state index in [4.69, 9.17) is 21.7 Å². The summed E-state index contributed by atoms with van der Waals surface area (Å²) in [5.41, 5.74) is 10.1. The fraction of sp³-hybridized carbons (Fsp3) is 0. The van der Waals surface area contributed by atoms with Gasteiger partial charge < -0.3 is 21.7 Å². The van der Waals surface area contributed by atoms with Crippen molar-refractivity contribution in [1.29, 1.82) is 0 Å². The third-order valence-corrected chi connectivity index (χ3v) is 11.2. The van der Waals surface area contributed by atoms with Crippen LogP contribution in [0, 0.1) is 0 Å². The Morgan fingerprint density at radius 3 is 0.800 bits per heavy atom. The van der Waals surface area contributed by atoms with Gasteiger partial charge in [0.05, 0.1) is 11.1 Å². The Morgan fingerprint density at radius 1 is 0.378 bits per heavy atom. The first-order chi connectivity index (χ1) is 21.9. The molecule has 6 aromatic carbocycles. The minimum atomic E-state index is -1.91. The predicted octanol–water partition coefficient (Wildman–Crippen LogP) is 5.29. The zero-order valence-corrected chi connectivity index (χ0v) is 25.4. The van der Waals surface area contributed by atoms with Gasteiger partial charge in [0.2, 0.25) is 0 Å². The number of nitrogens with two attached hydrogens (primary N) is 2. The number of hydrogen-bond donors (Lipinski definition) is 4. The lowest BCUT2D eigenvalue weighted by atomic mass is 10.2. The summed E-state index contributed by atoms with van der Waals surface area (Å²) in [6.45, 7) is 0. The first-order valence-electron chi connectivity index (χ1n) is 14.1. The Bertz CT molecular complexity index is 1600. The molecule has 6 aromatic rings. The number of rotatable bonds is 6. The van der Waals surface area contributed by atoms with Crippen LogP contribution in [-0.4, -0.2) is 22.0 Å². The van der Waals surface area contributed by atoms with E-state index in [-0.39, 0.29) is 22.6 Å². The molecular formula is C38H34N2O4P+. The fourth-order valence-electron chi connectivity index (χ4n) is 4.86. The summed E-state index contributed by atoms with van der Waals surface area (Å²) in [5, 5.41) is 23.5. The average molecular weight is 614 g/mol. The molecule has 0 spiro atoms. The second-order valence-electron chi connectivity index (χ2n) is 9.78. The maximum Gasteiger partial charge on any atom is 0.252 e. The van der Waals surface area contributed by atoms with Crippen LogP contribution in [0.25, 0.3) is 0 Å². The van der Waals surface area contributed by atoms with Gasteiger partial charge >= 0.3 is 0 Å². The number of para-hydroxylation sites is 2. The number of aromatic hydroxyl groups is 2. The molecule has 45 heavy (non-hydrogen) atoms. The molecule has 0 aromatic heterocycles. The van der Waals surface area contributed by atoms with Crippen LogP contribution in [0.5, 0.6) is 11.5 Å². The van der Waals surface area contributed by atoms with Crippen LogP contribution >= 0.6 is 7.26 Å². The van der Waals surface area contributed by atoms with E-state index in [1.807, 2.05) is 0 Å². The molecule has 0 aliphatic carbocycles. The van der Waals surface area contributed by atoms with Crippen molar-refractivity contribution in [2.75, 3.05) is 0 Å². The minimum Gasteiger partial charge on any atom is -0.507 e. The molecule has 2 amide bonds. The molecule has 0 saturated heterocycles. The number of amides is 2. The normalized spacial score (nSPS) is 10.3. The Kier molecular flexibility index (Phi) is 11.2. The molecule has 0 heterocycles. The number of benzene rings is 6. The van der Waals surface area contributed by atoms with Gasteiger partial charge in [-0.25, -0.2) is 0 Å². The topological polar surface area (TPSA) is 127 Å². The maximum absolute atomic E-state index is 10.5. The zero-order valence-electron chi connectivity index (χ0n) is 24.5. The molecule has 6 N–H and O–H groups in total. The highest BCUT2D eigenvalue weighted by molar-refractivity contribution is 8.01. The maximum atomic E-state index is 10.5. The fourth-order valence-corrected chi connectivity index (χ4v) is 9.13. The Hall–Kier alpha value is -5.71. The molecule has 0 aliphatic rings. The molecule has 0 unspecified atom stereocenters. The van der Waals surface area contributed by atoms with Gasteiger partial charge in [-0.15, -0.1) is 0 Å². The molecule has 0 saturated carbocycles. The van der Waals surface area contributed by atoms with Crippen LogP contribution in [0.3, 0.4) is 0 Å². The summed E-state index contributed by atoms with van der Waals surface area (Å²) >= 11 is 0. The summed E-state index contributed by atoms with van der Waals surface area (Å²) in [7, 11) is -1.91. The van der Waals surface area contributed by atoms with E-state index in [9.17, 15) is 9.59 Å². The first kappa shape index (κ1) is 32.2. The molecule has 0 bridgehead atoms. The van der Waals surface area contributed by atoms with Gasteiger partial charge in [-0.05, 0) is 72.8 Å². The average Bonchev–Trinajstić information content (AvgIpc) is 3.08. The molecule has 6 nitrogen and oxygen atoms in total. The van der Waals surface area contributed by atoms with Crippen LogP contribution in [0.4, 0.5) is 0 Å². The largest absolute Gasteiger partial charge is 0.507 e. The van der Waals surface area contributed by atoms with Gasteiger partial charge in [-0.1, -0.05) is 97.1 Å². The van der Waals surface area contributed by atoms with Gasteiger partial charge in [0.25, 0.3) is 11.8 Å². The number of primary amides is 2. The van der Waals surface area contributed by atoms with Gasteiger partial charge in [-0.3, -0.25) is 9.59 Å². The van der Waals surface area contributed by atoms with Crippen molar-refractivity contribution in [2.24, 2.45) is 11.5 Å². The molecule has 0 atom stereocenters. The van der Waals surface area contributed by atoms with E-state index in [0.717, 1.165) is 0 Å². The van der Waals surface area contributed by atoms with Crippen LogP contribution in [0.1, 0.15) is 20.7 Å². The molecule has 0 fully saturated rings. The molecule has 6 rings (SSSR count). The van der Waals surface area contributed by atoms with E-state index in [0.29, 0.717) is 0 Å². The van der Waals surface area contributed by atoms with Gasteiger partial charge in [-0.2, -0.15) is 0 Å². The SMILES string of the molecule is NC(=O)c1ccccc1O.NC(=O)c1ccccc1O.c1ccc([P+](c2ccccc2)(c2ccccc2)c2ccccc2)cc1. The van der Waals surface area contributed by atoms with E-state index in [1.165, 1.54) is 45.5 Å². The third-order valence-electron chi connectivity index (χ3n) is 6.91. The van der Waals surface area contributed by atoms with Crippen molar-refractivity contribution in [2.45, 2.75) is 0 Å². The monoisotopic (exact) mass is 613 g/mol. The van der Waals surface area contributed by atoms with Gasteiger partial charge in [0.1, 0.15) is 40.0 Å². The molecule has 7 heteroatoms. The van der Waals surface area contributed by atoms with Crippen LogP contribution in [-0.2, 0) is 0 Å². The summed E-state index contributed by atoms with van der Waals surface area (Å²) in [6.07, 6.45) is 0. The Balaban J connectivity index is 0.000000189. The van der Waals surface area contributed by atoms with Crippen molar-refractivity contribution in [3.63, 3.8) is 0 Å². The summed E-state index contributed by atoms with van der Waals surface area (Å²) < 4.78 is 0. The third kappa shape index (κ3) is 7.82. The zero-order chi connectivity index (χ0) is 32.1. The van der Waals surface area contributed by atoms with Gasteiger partial charge in [0.15, 0.2) is 0 Å². The Labute approximate surface area is 263 Å². The van der Waals surface area contributed by atoms with E-state index in [2.05, 4.69) is 121 Å². The van der Waals surface area contributed by atoms with E-state index >= 15 is 0 Å². The summed E-state index contributed by atoms with van der Waals surface area (Å²) in [5.74, 6) is -1.37. The number of carbonyl (C=O) groups excluding carboxylic acids is 2. The minimum absolute atomic E-state index is 0.0741. The lowest BCUT2D eigenvalue weighted by molar-refractivity contribution is 0.0989.